The van der Waals surface area contributed by atoms with Crippen LogP contribution in [0.1, 0.15) is 25.8 Å². The first-order chi connectivity index (χ1) is 15.5. The first-order valence-electron chi connectivity index (χ1n) is 10.4. The van der Waals surface area contributed by atoms with Crippen molar-refractivity contribution in [2.75, 3.05) is 13.2 Å². The lowest BCUT2D eigenvalue weighted by Gasteiger charge is -2.25. The predicted molar refractivity (Wildman–Crippen MR) is 117 cm³/mol. The van der Waals surface area contributed by atoms with Crippen LogP contribution in [0.5, 0.6) is 5.75 Å². The normalized spacial score (nSPS) is 15.4. The van der Waals surface area contributed by atoms with Gasteiger partial charge in [0.1, 0.15) is 23.9 Å². The number of carbonyl (C=O) groups is 4. The van der Waals surface area contributed by atoms with E-state index in [2.05, 4.69) is 16.0 Å². The van der Waals surface area contributed by atoms with Crippen molar-refractivity contribution in [2.24, 2.45) is 11.7 Å². The van der Waals surface area contributed by atoms with E-state index in [9.17, 15) is 39.6 Å². The van der Waals surface area contributed by atoms with Gasteiger partial charge in [-0.25, -0.2) is 4.79 Å². The zero-order valence-electron chi connectivity index (χ0n) is 18.5. The van der Waals surface area contributed by atoms with E-state index in [-0.39, 0.29) is 12.2 Å². The first kappa shape index (κ1) is 27.8. The number of hydrogen-bond acceptors (Lipinski definition) is 8. The lowest BCUT2D eigenvalue weighted by atomic mass is 9.99. The molecule has 0 saturated heterocycles. The van der Waals surface area contributed by atoms with E-state index in [1.54, 1.807) is 26.0 Å². The van der Waals surface area contributed by atoms with Gasteiger partial charge >= 0.3 is 5.97 Å². The van der Waals surface area contributed by atoms with Crippen LogP contribution in [-0.4, -0.2) is 81.5 Å². The fourth-order valence-corrected chi connectivity index (χ4v) is 2.85. The fourth-order valence-electron chi connectivity index (χ4n) is 2.85. The van der Waals surface area contributed by atoms with E-state index in [4.69, 9.17) is 5.73 Å². The number of aliphatic carboxylic acids is 1. The number of phenols is 1. The standard InChI is InChI=1S/C21H32N4O8/c1-3-11(2)17(21(32)33)25-20(31)16(10-27)24-19(30)15(9-26)23-18(29)14(22)8-12-4-6-13(28)7-5-12/h4-7,11,14-17,26-28H,3,8-10,22H2,1-2H3,(H,23,29)(H,24,30)(H,25,31)(H,32,33). The van der Waals surface area contributed by atoms with E-state index in [1.807, 2.05) is 0 Å². The highest BCUT2D eigenvalue weighted by Crippen LogP contribution is 2.11. The second kappa shape index (κ2) is 13.4. The number of aliphatic hydroxyl groups is 2. The Morgan fingerprint density at radius 2 is 1.39 bits per heavy atom. The van der Waals surface area contributed by atoms with E-state index >= 15 is 0 Å². The second-order valence-electron chi connectivity index (χ2n) is 7.67. The van der Waals surface area contributed by atoms with E-state index < -0.39 is 67.0 Å². The van der Waals surface area contributed by atoms with E-state index in [0.29, 0.717) is 12.0 Å². The minimum absolute atomic E-state index is 0.0510. The maximum atomic E-state index is 12.4. The fraction of sp³-hybridized carbons (Fsp3) is 0.524. The highest BCUT2D eigenvalue weighted by atomic mass is 16.4. The number of aromatic hydroxyl groups is 1. The van der Waals surface area contributed by atoms with Crippen LogP contribution in [0.4, 0.5) is 0 Å². The number of carboxylic acids is 1. The van der Waals surface area contributed by atoms with Crippen LogP contribution in [0.2, 0.25) is 0 Å². The van der Waals surface area contributed by atoms with Crippen molar-refractivity contribution in [1.82, 2.24) is 16.0 Å². The summed E-state index contributed by atoms with van der Waals surface area (Å²) in [4.78, 5) is 48.5. The Labute approximate surface area is 191 Å². The number of hydrogen-bond donors (Lipinski definition) is 8. The summed E-state index contributed by atoms with van der Waals surface area (Å²) >= 11 is 0. The molecule has 0 fully saturated rings. The molecule has 3 amide bonds. The van der Waals surface area contributed by atoms with Crippen molar-refractivity contribution in [3.63, 3.8) is 0 Å². The lowest BCUT2D eigenvalue weighted by Crippen LogP contribution is -2.59. The highest BCUT2D eigenvalue weighted by Gasteiger charge is 2.31. The molecule has 1 aromatic carbocycles. The Morgan fingerprint density at radius 1 is 0.909 bits per heavy atom. The van der Waals surface area contributed by atoms with Gasteiger partial charge in [0.15, 0.2) is 0 Å². The second-order valence-corrected chi connectivity index (χ2v) is 7.67. The van der Waals surface area contributed by atoms with Crippen molar-refractivity contribution < 1.29 is 39.6 Å². The molecular weight excluding hydrogens is 436 g/mol. The van der Waals surface area contributed by atoms with Crippen molar-refractivity contribution >= 4 is 23.7 Å². The average Bonchev–Trinajstić information content (AvgIpc) is 2.79. The summed E-state index contributed by atoms with van der Waals surface area (Å²) < 4.78 is 0. The summed E-state index contributed by atoms with van der Waals surface area (Å²) in [5, 5.41) is 44.3. The van der Waals surface area contributed by atoms with Gasteiger partial charge in [-0.3, -0.25) is 14.4 Å². The smallest absolute Gasteiger partial charge is 0.326 e. The van der Waals surface area contributed by atoms with Crippen LogP contribution in [0, 0.1) is 5.92 Å². The van der Waals surface area contributed by atoms with Gasteiger partial charge < -0.3 is 42.1 Å². The summed E-state index contributed by atoms with van der Waals surface area (Å²) in [5.41, 5.74) is 6.50. The summed E-state index contributed by atoms with van der Waals surface area (Å²) in [6.45, 7) is 1.73. The van der Waals surface area contributed by atoms with Gasteiger partial charge in [0.05, 0.1) is 19.3 Å². The molecule has 9 N–H and O–H groups in total. The molecule has 184 valence electrons. The molecule has 1 rings (SSSR count). The quantitative estimate of drug-likeness (QED) is 0.158. The van der Waals surface area contributed by atoms with Crippen molar-refractivity contribution in [3.8, 4) is 5.75 Å². The van der Waals surface area contributed by atoms with E-state index in [1.165, 1.54) is 12.1 Å². The van der Waals surface area contributed by atoms with Crippen LogP contribution in [0.25, 0.3) is 0 Å². The molecule has 0 aromatic heterocycles. The Hall–Kier alpha value is -3.22. The molecule has 0 bridgehead atoms. The Kier molecular flexibility index (Phi) is 11.3. The number of carboxylic acid groups (broad SMARTS) is 1. The van der Waals surface area contributed by atoms with Crippen LogP contribution in [0.3, 0.4) is 0 Å². The number of amides is 3. The molecule has 12 nitrogen and oxygen atoms in total. The van der Waals surface area contributed by atoms with Crippen molar-refractivity contribution in [1.29, 1.82) is 0 Å². The summed E-state index contributed by atoms with van der Waals surface area (Å²) in [7, 11) is 0. The minimum atomic E-state index is -1.50. The Balaban J connectivity index is 2.73. The minimum Gasteiger partial charge on any atom is -0.508 e. The number of carbonyl (C=O) groups excluding carboxylic acids is 3. The molecular formula is C21H32N4O8. The van der Waals surface area contributed by atoms with Gasteiger partial charge in [-0.05, 0) is 30.0 Å². The third kappa shape index (κ3) is 8.67. The molecule has 5 unspecified atom stereocenters. The average molecular weight is 469 g/mol. The van der Waals surface area contributed by atoms with Gasteiger partial charge in [-0.1, -0.05) is 32.4 Å². The van der Waals surface area contributed by atoms with Gasteiger partial charge in [-0.15, -0.1) is 0 Å². The molecule has 0 aliphatic heterocycles. The zero-order valence-corrected chi connectivity index (χ0v) is 18.5. The van der Waals surface area contributed by atoms with Crippen molar-refractivity contribution in [2.45, 2.75) is 50.9 Å². The number of phenolic OH excluding ortho intramolecular Hbond substituents is 1. The molecule has 0 saturated carbocycles. The summed E-state index contributed by atoms with van der Waals surface area (Å²) in [6.07, 6.45) is 0.566. The van der Waals surface area contributed by atoms with Crippen LogP contribution >= 0.6 is 0 Å². The SMILES string of the molecule is CCC(C)C(NC(=O)C(CO)NC(=O)C(CO)NC(=O)C(N)Cc1ccc(O)cc1)C(=O)O. The molecule has 0 aliphatic carbocycles. The number of nitrogens with one attached hydrogen (secondary N) is 3. The topological polar surface area (TPSA) is 211 Å². The molecule has 0 heterocycles. The Morgan fingerprint density at radius 3 is 1.85 bits per heavy atom. The monoisotopic (exact) mass is 468 g/mol. The van der Waals surface area contributed by atoms with Gasteiger partial charge in [0, 0.05) is 0 Å². The molecule has 33 heavy (non-hydrogen) atoms. The molecule has 5 atom stereocenters. The first-order valence-corrected chi connectivity index (χ1v) is 10.4. The molecule has 12 heteroatoms. The molecule has 1 aromatic rings. The highest BCUT2D eigenvalue weighted by molar-refractivity contribution is 5.94. The lowest BCUT2D eigenvalue weighted by molar-refractivity contribution is -0.144. The van der Waals surface area contributed by atoms with Crippen molar-refractivity contribution in [3.05, 3.63) is 29.8 Å². The third-order valence-corrected chi connectivity index (χ3v) is 5.14. The summed E-state index contributed by atoms with van der Waals surface area (Å²) in [6, 6.07) is 0.759. The Bertz CT molecular complexity index is 817. The number of nitrogens with two attached hydrogens (primary N) is 1. The van der Waals surface area contributed by atoms with Crippen LogP contribution in [-0.2, 0) is 25.6 Å². The maximum Gasteiger partial charge on any atom is 0.326 e. The molecule has 0 spiro atoms. The number of benzene rings is 1. The predicted octanol–water partition coefficient (Wildman–Crippen LogP) is -2.17. The maximum absolute atomic E-state index is 12.4. The summed E-state index contributed by atoms with van der Waals surface area (Å²) in [5.74, 6) is -4.25. The molecule has 0 aliphatic rings. The number of aliphatic hydroxyl groups excluding tert-OH is 2. The van der Waals surface area contributed by atoms with Gasteiger partial charge in [-0.2, -0.15) is 0 Å². The van der Waals surface area contributed by atoms with Gasteiger partial charge in [0.2, 0.25) is 17.7 Å². The van der Waals surface area contributed by atoms with Crippen LogP contribution < -0.4 is 21.7 Å². The number of rotatable bonds is 13. The van der Waals surface area contributed by atoms with Crippen LogP contribution in [0.15, 0.2) is 24.3 Å². The zero-order chi connectivity index (χ0) is 25.1. The van der Waals surface area contributed by atoms with Gasteiger partial charge in [0.25, 0.3) is 0 Å². The largest absolute Gasteiger partial charge is 0.508 e. The van der Waals surface area contributed by atoms with E-state index in [0.717, 1.165) is 0 Å². The molecule has 0 radical (unpaired) electrons. The third-order valence-electron chi connectivity index (χ3n) is 5.14.